The molecule has 0 unspecified atom stereocenters. The number of hydrogen-bond acceptors (Lipinski definition) is 5. The molecule has 0 aromatic heterocycles. The van der Waals surface area contributed by atoms with Crippen molar-refractivity contribution in [1.29, 1.82) is 0 Å². The fraction of sp³-hybridized carbons (Fsp3) is 0.488. The predicted octanol–water partition coefficient (Wildman–Crippen LogP) is 7.40. The Kier molecular flexibility index (Phi) is 8.25. The number of allylic oxidation sites excluding steroid dienone is 3. The number of aliphatic hydroxyl groups excluding tert-OH is 1. The molecule has 6 atom stereocenters. The van der Waals surface area contributed by atoms with Crippen molar-refractivity contribution in [1.82, 2.24) is 4.90 Å². The molecule has 0 saturated heterocycles. The fourth-order valence-electron chi connectivity index (χ4n) is 9.82. The number of ether oxygens (including phenoxy) is 2. The molecule has 0 heterocycles. The molecule has 0 aliphatic heterocycles. The maximum absolute atomic E-state index is 14.4. The molecule has 0 bridgehead atoms. The van der Waals surface area contributed by atoms with Gasteiger partial charge in [-0.1, -0.05) is 85.7 Å². The number of carbonyl (C=O) groups excluding carboxylic acids is 1. The molecule has 248 valence electrons. The van der Waals surface area contributed by atoms with E-state index >= 15 is 0 Å². The smallest absolute Gasteiger partial charge is 0.227 e. The van der Waals surface area contributed by atoms with Crippen LogP contribution in [0.2, 0.25) is 0 Å². The molecule has 6 nitrogen and oxygen atoms in total. The van der Waals surface area contributed by atoms with E-state index in [0.717, 1.165) is 60.4 Å². The summed E-state index contributed by atoms with van der Waals surface area (Å²) < 4.78 is 11.0. The lowest BCUT2D eigenvalue weighted by atomic mass is 9.50. The lowest BCUT2D eigenvalue weighted by Crippen LogP contribution is -2.56. The van der Waals surface area contributed by atoms with Crippen LogP contribution < -0.4 is 9.47 Å². The van der Waals surface area contributed by atoms with Crippen molar-refractivity contribution in [2.45, 2.75) is 83.5 Å². The molecule has 6 heteroatoms. The highest BCUT2D eigenvalue weighted by Gasteiger charge is 2.62. The summed E-state index contributed by atoms with van der Waals surface area (Å²) in [5.41, 5.74) is 3.52. The number of hydrogen-bond donors (Lipinski definition) is 2. The van der Waals surface area contributed by atoms with Crippen LogP contribution in [0.1, 0.15) is 69.9 Å². The Balaban J connectivity index is 1.20. The maximum atomic E-state index is 14.4. The largest absolute Gasteiger partial charge is 0.493 e. The minimum atomic E-state index is -1.02. The van der Waals surface area contributed by atoms with Crippen LogP contribution >= 0.6 is 0 Å². The second-order valence-electron chi connectivity index (χ2n) is 15.1. The monoisotopic (exact) mass is 635 g/mol. The van der Waals surface area contributed by atoms with Crippen LogP contribution in [-0.2, 0) is 17.8 Å². The van der Waals surface area contributed by atoms with Gasteiger partial charge in [-0.3, -0.25) is 4.79 Å². The summed E-state index contributed by atoms with van der Waals surface area (Å²) >= 11 is 0. The minimum absolute atomic E-state index is 0.0166. The van der Waals surface area contributed by atoms with E-state index in [4.69, 9.17) is 9.47 Å². The highest BCUT2D eigenvalue weighted by molar-refractivity contribution is 5.86. The number of benzene rings is 3. The molecule has 1 amide bonds. The van der Waals surface area contributed by atoms with Crippen molar-refractivity contribution in [2.24, 2.45) is 22.7 Å². The van der Waals surface area contributed by atoms with Gasteiger partial charge in [0, 0.05) is 12.0 Å². The van der Waals surface area contributed by atoms with Crippen molar-refractivity contribution in [3.63, 3.8) is 0 Å². The molecule has 0 radical (unpaired) electrons. The predicted molar refractivity (Wildman–Crippen MR) is 185 cm³/mol. The molecule has 0 spiro atoms. The lowest BCUT2D eigenvalue weighted by molar-refractivity contribution is -0.142. The van der Waals surface area contributed by atoms with Crippen LogP contribution in [0.4, 0.5) is 0 Å². The lowest BCUT2D eigenvalue weighted by Gasteiger charge is -2.56. The van der Waals surface area contributed by atoms with Crippen LogP contribution in [-0.4, -0.2) is 53.5 Å². The molecule has 47 heavy (non-hydrogen) atoms. The second-order valence-corrected chi connectivity index (χ2v) is 15.1. The average Bonchev–Trinajstić information content (AvgIpc) is 3.34. The van der Waals surface area contributed by atoms with Gasteiger partial charge in [0.1, 0.15) is 0 Å². The van der Waals surface area contributed by atoms with Crippen LogP contribution in [0.3, 0.4) is 0 Å². The Labute approximate surface area is 279 Å². The SMILES string of the molecule is COc1ccc(CC(=O)N(Cc2cccc3ccccc23)C[C@]2(O)CC[C@H]3C4=CC=C5C[C@@H](O)CC[C@]5(C)[C@H]4CC[C@@]32C)cc1OC. The average molecular weight is 636 g/mol. The van der Waals surface area contributed by atoms with Gasteiger partial charge in [-0.15, -0.1) is 0 Å². The number of aliphatic hydroxyl groups is 2. The molecule has 3 aromatic carbocycles. The van der Waals surface area contributed by atoms with Gasteiger partial charge >= 0.3 is 0 Å². The third-order valence-electron chi connectivity index (χ3n) is 12.7. The molecule has 3 aromatic rings. The quantitative estimate of drug-likeness (QED) is 0.270. The number of methoxy groups -OCH3 is 2. The zero-order valence-electron chi connectivity index (χ0n) is 28.3. The van der Waals surface area contributed by atoms with E-state index in [1.807, 2.05) is 35.2 Å². The first-order valence-electron chi connectivity index (χ1n) is 17.4. The van der Waals surface area contributed by atoms with E-state index in [1.165, 1.54) is 11.1 Å². The first-order chi connectivity index (χ1) is 22.6. The van der Waals surface area contributed by atoms with E-state index in [-0.39, 0.29) is 41.7 Å². The molecular weight excluding hydrogens is 586 g/mol. The van der Waals surface area contributed by atoms with Crippen LogP contribution in [0.5, 0.6) is 11.5 Å². The normalized spacial score (nSPS) is 31.2. The Hall–Kier alpha value is -3.61. The van der Waals surface area contributed by atoms with Gasteiger partial charge in [-0.2, -0.15) is 0 Å². The number of rotatable bonds is 8. The number of carbonyl (C=O) groups is 1. The van der Waals surface area contributed by atoms with Crippen LogP contribution in [0, 0.1) is 22.7 Å². The summed E-state index contributed by atoms with van der Waals surface area (Å²) in [5.74, 6) is 1.93. The van der Waals surface area contributed by atoms with Crippen molar-refractivity contribution < 1.29 is 24.5 Å². The third kappa shape index (κ3) is 5.38. The van der Waals surface area contributed by atoms with Gasteiger partial charge in [-0.05, 0) is 96.2 Å². The Morgan fingerprint density at radius 1 is 0.894 bits per heavy atom. The molecule has 3 saturated carbocycles. The van der Waals surface area contributed by atoms with Crippen molar-refractivity contribution in [3.8, 4) is 11.5 Å². The molecule has 4 aliphatic rings. The molecule has 3 fully saturated rings. The Morgan fingerprint density at radius 2 is 1.66 bits per heavy atom. The van der Waals surface area contributed by atoms with Crippen molar-refractivity contribution in [3.05, 3.63) is 95.1 Å². The van der Waals surface area contributed by atoms with Crippen molar-refractivity contribution in [2.75, 3.05) is 20.8 Å². The van der Waals surface area contributed by atoms with Crippen LogP contribution in [0.15, 0.2) is 84.0 Å². The summed E-state index contributed by atoms with van der Waals surface area (Å²) in [4.78, 5) is 16.3. The standard InChI is InChI=1S/C41H49NO5/c1-39-19-16-31(43)24-30(39)13-14-33-34(39)17-20-40(2)35(33)18-21-41(40,45)26-42(25-29-10-7-9-28-8-5-6-11-32(28)29)38(44)23-27-12-15-36(46-3)37(22-27)47-4/h5-15,22,31,34-35,43,45H,16-21,23-26H2,1-4H3/t31-,34-,35-,39-,40-,41+/m0/s1. The highest BCUT2D eigenvalue weighted by Crippen LogP contribution is 2.66. The van der Waals surface area contributed by atoms with Crippen LogP contribution in [0.25, 0.3) is 10.8 Å². The summed E-state index contributed by atoms with van der Waals surface area (Å²) in [7, 11) is 3.21. The zero-order chi connectivity index (χ0) is 33.0. The summed E-state index contributed by atoms with van der Waals surface area (Å²) in [6.45, 7) is 5.40. The fourth-order valence-corrected chi connectivity index (χ4v) is 9.82. The number of nitrogens with zero attached hydrogens (tertiary/aromatic N) is 1. The van der Waals surface area contributed by atoms with Gasteiger partial charge in [0.2, 0.25) is 5.91 Å². The second kappa shape index (κ2) is 12.1. The first kappa shape index (κ1) is 32.0. The molecule has 7 rings (SSSR count). The third-order valence-corrected chi connectivity index (χ3v) is 12.7. The number of amides is 1. The maximum Gasteiger partial charge on any atom is 0.227 e. The zero-order valence-corrected chi connectivity index (χ0v) is 28.3. The van der Waals surface area contributed by atoms with Gasteiger partial charge in [0.05, 0.1) is 38.9 Å². The molecule has 4 aliphatic carbocycles. The van der Waals surface area contributed by atoms with E-state index in [1.54, 1.807) is 14.2 Å². The van der Waals surface area contributed by atoms with Crippen molar-refractivity contribution >= 4 is 16.7 Å². The highest BCUT2D eigenvalue weighted by atomic mass is 16.5. The van der Waals surface area contributed by atoms with Gasteiger partial charge in [-0.25, -0.2) is 0 Å². The van der Waals surface area contributed by atoms with E-state index in [9.17, 15) is 15.0 Å². The Bertz CT molecular complexity index is 1740. The van der Waals surface area contributed by atoms with E-state index in [2.05, 4.69) is 56.3 Å². The van der Waals surface area contributed by atoms with Gasteiger partial charge in [0.25, 0.3) is 0 Å². The molecular formula is C41H49NO5. The first-order valence-corrected chi connectivity index (χ1v) is 17.4. The summed E-state index contributed by atoms with van der Waals surface area (Å²) in [5, 5.41) is 25.5. The van der Waals surface area contributed by atoms with E-state index in [0.29, 0.717) is 30.4 Å². The summed E-state index contributed by atoms with van der Waals surface area (Å²) in [6.07, 6.45) is 10.8. The topological polar surface area (TPSA) is 79.2 Å². The number of fused-ring (bicyclic) bond motifs is 6. The Morgan fingerprint density at radius 3 is 2.47 bits per heavy atom. The van der Waals surface area contributed by atoms with Gasteiger partial charge in [0.15, 0.2) is 11.5 Å². The summed E-state index contributed by atoms with van der Waals surface area (Å²) in [6, 6.07) is 20.2. The van der Waals surface area contributed by atoms with E-state index < -0.39 is 5.60 Å². The van der Waals surface area contributed by atoms with Gasteiger partial charge < -0.3 is 24.6 Å². The molecule has 2 N–H and O–H groups in total. The minimum Gasteiger partial charge on any atom is -0.493 e.